The predicted molar refractivity (Wildman–Crippen MR) is 100 cm³/mol. The molecule has 0 saturated carbocycles. The molecule has 1 aliphatic heterocycles. The number of hydrogen-bond donors (Lipinski definition) is 0. The minimum atomic E-state index is -0.203. The zero-order valence-corrected chi connectivity index (χ0v) is 15.6. The number of carbonyl (C=O) groups is 2. The molecule has 0 spiro atoms. The van der Waals surface area contributed by atoms with Gasteiger partial charge < -0.3 is 9.69 Å². The van der Waals surface area contributed by atoms with Crippen LogP contribution in [0.4, 0.5) is 0 Å². The summed E-state index contributed by atoms with van der Waals surface area (Å²) in [5.74, 6) is -0.172. The standard InChI is InChI=1S/C20H19Cl2NO2/c1-12(2)23-19(15-5-3-4-6-16(15)20(23)25)14(9-10-24)13-7-8-17(21)18(22)11-13/h3-8,10-12,14,19H,9H2,1-2H3. The molecule has 0 radical (unpaired) electrons. The first-order valence-electron chi connectivity index (χ1n) is 8.26. The second-order valence-electron chi connectivity index (χ2n) is 6.52. The maximum atomic E-state index is 12.9. The molecule has 0 aromatic heterocycles. The van der Waals surface area contributed by atoms with Gasteiger partial charge in [-0.25, -0.2) is 0 Å². The molecule has 0 bridgehead atoms. The molecule has 5 heteroatoms. The van der Waals surface area contributed by atoms with E-state index in [-0.39, 0.29) is 23.9 Å². The number of nitrogens with zero attached hydrogens (tertiary/aromatic N) is 1. The van der Waals surface area contributed by atoms with E-state index in [9.17, 15) is 9.59 Å². The highest BCUT2D eigenvalue weighted by molar-refractivity contribution is 6.42. The summed E-state index contributed by atoms with van der Waals surface area (Å²) >= 11 is 12.2. The van der Waals surface area contributed by atoms with Crippen molar-refractivity contribution in [1.29, 1.82) is 0 Å². The van der Waals surface area contributed by atoms with Crippen molar-refractivity contribution in [2.45, 2.75) is 38.3 Å². The molecule has 1 aliphatic rings. The fourth-order valence-electron chi connectivity index (χ4n) is 3.63. The average molecular weight is 376 g/mol. The average Bonchev–Trinajstić information content (AvgIpc) is 2.88. The summed E-state index contributed by atoms with van der Waals surface area (Å²) in [6.07, 6.45) is 1.20. The topological polar surface area (TPSA) is 37.4 Å². The molecule has 2 atom stereocenters. The molecule has 2 unspecified atom stereocenters. The Kier molecular flexibility index (Phi) is 5.16. The van der Waals surface area contributed by atoms with Crippen molar-refractivity contribution >= 4 is 35.4 Å². The van der Waals surface area contributed by atoms with Crippen LogP contribution in [0.15, 0.2) is 42.5 Å². The lowest BCUT2D eigenvalue weighted by Gasteiger charge is -2.34. The quantitative estimate of drug-likeness (QED) is 0.667. The Morgan fingerprint density at radius 1 is 1.12 bits per heavy atom. The lowest BCUT2D eigenvalue weighted by molar-refractivity contribution is -0.108. The second-order valence-corrected chi connectivity index (χ2v) is 7.34. The molecule has 2 aromatic carbocycles. The van der Waals surface area contributed by atoms with Gasteiger partial charge in [0.15, 0.2) is 0 Å². The molecule has 25 heavy (non-hydrogen) atoms. The monoisotopic (exact) mass is 375 g/mol. The highest BCUT2D eigenvalue weighted by Gasteiger charge is 2.42. The summed E-state index contributed by atoms with van der Waals surface area (Å²) < 4.78 is 0. The smallest absolute Gasteiger partial charge is 0.254 e. The van der Waals surface area contributed by atoms with Crippen molar-refractivity contribution in [2.75, 3.05) is 0 Å². The van der Waals surface area contributed by atoms with Gasteiger partial charge in [0.25, 0.3) is 5.91 Å². The first kappa shape index (κ1) is 18.0. The van der Waals surface area contributed by atoms with Crippen LogP contribution in [-0.2, 0) is 4.79 Å². The summed E-state index contributed by atoms with van der Waals surface area (Å²) in [6, 6.07) is 12.8. The number of amides is 1. The molecule has 0 N–H and O–H groups in total. The molecule has 130 valence electrons. The van der Waals surface area contributed by atoms with Gasteiger partial charge in [0.05, 0.1) is 16.1 Å². The number of aldehydes is 1. The van der Waals surface area contributed by atoms with Crippen LogP contribution in [0, 0.1) is 0 Å². The molecule has 3 nitrogen and oxygen atoms in total. The van der Waals surface area contributed by atoms with E-state index in [2.05, 4.69) is 0 Å². The molecule has 0 saturated heterocycles. The number of benzene rings is 2. The van der Waals surface area contributed by atoms with Gasteiger partial charge in [0.2, 0.25) is 0 Å². The van der Waals surface area contributed by atoms with E-state index in [1.165, 1.54) is 0 Å². The molecule has 0 fully saturated rings. The summed E-state index contributed by atoms with van der Waals surface area (Å²) in [5, 5.41) is 0.919. The number of halogens is 2. The van der Waals surface area contributed by atoms with Crippen LogP contribution in [-0.4, -0.2) is 23.1 Å². The van der Waals surface area contributed by atoms with Crippen LogP contribution in [0.3, 0.4) is 0 Å². The molecule has 1 amide bonds. The Morgan fingerprint density at radius 2 is 1.84 bits per heavy atom. The predicted octanol–water partition coefficient (Wildman–Crippen LogP) is 5.27. The van der Waals surface area contributed by atoms with Crippen LogP contribution < -0.4 is 0 Å². The van der Waals surface area contributed by atoms with Crippen molar-refractivity contribution in [2.24, 2.45) is 0 Å². The van der Waals surface area contributed by atoms with E-state index in [1.807, 2.05) is 49.1 Å². The Hall–Kier alpha value is -1.84. The van der Waals surface area contributed by atoms with Gasteiger partial charge in [0, 0.05) is 23.9 Å². The number of fused-ring (bicyclic) bond motifs is 1. The highest BCUT2D eigenvalue weighted by atomic mass is 35.5. The summed E-state index contributed by atoms with van der Waals surface area (Å²) in [7, 11) is 0. The molecule has 2 aromatic rings. The SMILES string of the molecule is CC(C)N1C(=O)c2ccccc2C1C(CC=O)c1ccc(Cl)c(Cl)c1. The second kappa shape index (κ2) is 7.19. The van der Waals surface area contributed by atoms with Gasteiger partial charge in [-0.3, -0.25) is 4.79 Å². The Bertz CT molecular complexity index is 819. The van der Waals surface area contributed by atoms with Gasteiger partial charge in [0.1, 0.15) is 6.29 Å². The first-order chi connectivity index (χ1) is 12.0. The van der Waals surface area contributed by atoms with E-state index >= 15 is 0 Å². The molecule has 1 heterocycles. The van der Waals surface area contributed by atoms with Crippen LogP contribution in [0.2, 0.25) is 10.0 Å². The first-order valence-corrected chi connectivity index (χ1v) is 9.01. The third-order valence-electron chi connectivity index (χ3n) is 4.70. The van der Waals surface area contributed by atoms with Gasteiger partial charge in [-0.05, 0) is 43.2 Å². The fraction of sp³-hybridized carbons (Fsp3) is 0.300. The molecule has 3 rings (SSSR count). The minimum absolute atomic E-state index is 0.00607. The summed E-state index contributed by atoms with van der Waals surface area (Å²) in [4.78, 5) is 26.2. The zero-order valence-electron chi connectivity index (χ0n) is 14.1. The van der Waals surface area contributed by atoms with E-state index in [1.54, 1.807) is 12.1 Å². The fourth-order valence-corrected chi connectivity index (χ4v) is 3.93. The van der Waals surface area contributed by atoms with Crippen LogP contribution in [0.5, 0.6) is 0 Å². The van der Waals surface area contributed by atoms with Crippen molar-refractivity contribution in [3.63, 3.8) is 0 Å². The van der Waals surface area contributed by atoms with E-state index < -0.39 is 0 Å². The maximum Gasteiger partial charge on any atom is 0.254 e. The normalized spacial score (nSPS) is 17.7. The minimum Gasteiger partial charge on any atom is -0.329 e. The van der Waals surface area contributed by atoms with Crippen LogP contribution >= 0.6 is 23.2 Å². The lowest BCUT2D eigenvalue weighted by atomic mass is 9.84. The van der Waals surface area contributed by atoms with Gasteiger partial charge in [-0.1, -0.05) is 47.5 Å². The van der Waals surface area contributed by atoms with Crippen molar-refractivity contribution < 1.29 is 9.59 Å². The largest absolute Gasteiger partial charge is 0.329 e. The third-order valence-corrected chi connectivity index (χ3v) is 5.44. The van der Waals surface area contributed by atoms with Gasteiger partial charge >= 0.3 is 0 Å². The summed E-state index contributed by atoms with van der Waals surface area (Å²) in [6.45, 7) is 3.98. The number of rotatable bonds is 5. The Morgan fingerprint density at radius 3 is 2.48 bits per heavy atom. The van der Waals surface area contributed by atoms with E-state index in [0.29, 0.717) is 22.0 Å². The van der Waals surface area contributed by atoms with E-state index in [4.69, 9.17) is 23.2 Å². The van der Waals surface area contributed by atoms with Crippen molar-refractivity contribution in [3.05, 3.63) is 69.2 Å². The van der Waals surface area contributed by atoms with E-state index in [0.717, 1.165) is 17.4 Å². The van der Waals surface area contributed by atoms with Crippen LogP contribution in [0.1, 0.15) is 53.7 Å². The number of carbonyl (C=O) groups excluding carboxylic acids is 2. The molecular formula is C20H19Cl2NO2. The van der Waals surface area contributed by atoms with Crippen molar-refractivity contribution in [1.82, 2.24) is 4.90 Å². The maximum absolute atomic E-state index is 12.9. The molecule has 0 aliphatic carbocycles. The highest BCUT2D eigenvalue weighted by Crippen LogP contribution is 2.46. The number of hydrogen-bond acceptors (Lipinski definition) is 2. The summed E-state index contributed by atoms with van der Waals surface area (Å²) in [5.41, 5.74) is 2.57. The third kappa shape index (κ3) is 3.19. The zero-order chi connectivity index (χ0) is 18.1. The van der Waals surface area contributed by atoms with Crippen molar-refractivity contribution in [3.8, 4) is 0 Å². The lowest BCUT2D eigenvalue weighted by Crippen LogP contribution is -2.37. The van der Waals surface area contributed by atoms with Gasteiger partial charge in [-0.15, -0.1) is 0 Å². The molecular weight excluding hydrogens is 357 g/mol. The van der Waals surface area contributed by atoms with Crippen LogP contribution in [0.25, 0.3) is 0 Å². The Balaban J connectivity index is 2.14. The Labute approximate surface area is 157 Å². The van der Waals surface area contributed by atoms with Gasteiger partial charge in [-0.2, -0.15) is 0 Å².